The highest BCUT2D eigenvalue weighted by Gasteiger charge is 2.31. The highest BCUT2D eigenvalue weighted by atomic mass is 16.2. The maximum absolute atomic E-state index is 12.8. The van der Waals surface area contributed by atoms with E-state index in [2.05, 4.69) is 20.5 Å². The number of nitrogens with one attached hydrogen (secondary N) is 2. The Labute approximate surface area is 128 Å². The first-order valence-electron chi connectivity index (χ1n) is 7.80. The second kappa shape index (κ2) is 5.53. The number of hydrogen-bond acceptors (Lipinski definition) is 4. The molecular weight excluding hydrogens is 278 g/mol. The fraction of sp³-hybridized carbons (Fsp3) is 0.438. The molecule has 1 unspecified atom stereocenters. The van der Waals surface area contributed by atoms with E-state index in [1.165, 1.54) is 12.8 Å². The van der Waals surface area contributed by atoms with Crippen molar-refractivity contribution in [1.29, 1.82) is 0 Å². The molecule has 1 amide bonds. The lowest BCUT2D eigenvalue weighted by molar-refractivity contribution is 0.0628. The Morgan fingerprint density at radius 3 is 3.05 bits per heavy atom. The number of aromatic amines is 1. The fourth-order valence-corrected chi connectivity index (χ4v) is 3.02. The molecule has 1 saturated heterocycles. The van der Waals surface area contributed by atoms with E-state index >= 15 is 0 Å². The van der Waals surface area contributed by atoms with E-state index in [4.69, 9.17) is 0 Å². The van der Waals surface area contributed by atoms with Crippen molar-refractivity contribution < 1.29 is 4.79 Å². The minimum absolute atomic E-state index is 0.00139. The van der Waals surface area contributed by atoms with Crippen LogP contribution in [0.4, 0.5) is 0 Å². The molecule has 2 aromatic rings. The lowest BCUT2D eigenvalue weighted by atomic mass is 10.0. The van der Waals surface area contributed by atoms with E-state index in [-0.39, 0.29) is 11.9 Å². The first kappa shape index (κ1) is 13.5. The molecule has 2 aromatic heterocycles. The van der Waals surface area contributed by atoms with Crippen LogP contribution in [0.1, 0.15) is 46.5 Å². The largest absolute Gasteiger partial charge is 0.328 e. The summed E-state index contributed by atoms with van der Waals surface area (Å²) in [6.07, 6.45) is 5.98. The van der Waals surface area contributed by atoms with Gasteiger partial charge in [0.05, 0.1) is 6.04 Å². The van der Waals surface area contributed by atoms with Crippen molar-refractivity contribution in [2.75, 3.05) is 19.6 Å². The van der Waals surface area contributed by atoms with E-state index < -0.39 is 0 Å². The smallest absolute Gasteiger partial charge is 0.274 e. The average Bonchev–Trinajstić information content (AvgIpc) is 3.32. The van der Waals surface area contributed by atoms with Crippen molar-refractivity contribution in [2.24, 2.45) is 0 Å². The predicted octanol–water partition coefficient (Wildman–Crippen LogP) is 1.47. The van der Waals surface area contributed by atoms with Crippen LogP contribution >= 0.6 is 0 Å². The van der Waals surface area contributed by atoms with Crippen molar-refractivity contribution in [2.45, 2.75) is 24.8 Å². The summed E-state index contributed by atoms with van der Waals surface area (Å²) in [7, 11) is 0. The van der Waals surface area contributed by atoms with Crippen LogP contribution in [0.15, 0.2) is 30.6 Å². The molecular formula is C16H19N5O. The quantitative estimate of drug-likeness (QED) is 0.899. The monoisotopic (exact) mass is 297 g/mol. The van der Waals surface area contributed by atoms with Gasteiger partial charge in [-0.2, -0.15) is 5.10 Å². The molecule has 0 bridgehead atoms. The number of carbonyl (C=O) groups is 1. The van der Waals surface area contributed by atoms with Crippen molar-refractivity contribution in [3.63, 3.8) is 0 Å². The Hall–Kier alpha value is -2.21. The lowest BCUT2D eigenvalue weighted by Gasteiger charge is -2.35. The van der Waals surface area contributed by atoms with Gasteiger partial charge in [0.2, 0.25) is 0 Å². The lowest BCUT2D eigenvalue weighted by Crippen LogP contribution is -2.48. The second-order valence-corrected chi connectivity index (χ2v) is 5.99. The van der Waals surface area contributed by atoms with Gasteiger partial charge in [0.25, 0.3) is 5.91 Å². The van der Waals surface area contributed by atoms with Gasteiger partial charge < -0.3 is 10.2 Å². The molecule has 22 heavy (non-hydrogen) atoms. The van der Waals surface area contributed by atoms with Crippen LogP contribution in [0.25, 0.3) is 0 Å². The summed E-state index contributed by atoms with van der Waals surface area (Å²) in [5.74, 6) is 0.574. The Bertz CT molecular complexity index is 664. The third-order valence-corrected chi connectivity index (χ3v) is 4.41. The van der Waals surface area contributed by atoms with Gasteiger partial charge in [-0.15, -0.1) is 0 Å². The molecule has 3 heterocycles. The highest BCUT2D eigenvalue weighted by molar-refractivity contribution is 5.92. The molecule has 114 valence electrons. The summed E-state index contributed by atoms with van der Waals surface area (Å²) in [6.45, 7) is 2.24. The Morgan fingerprint density at radius 2 is 2.27 bits per heavy atom. The van der Waals surface area contributed by atoms with E-state index in [9.17, 15) is 4.79 Å². The minimum atomic E-state index is -0.00139. The van der Waals surface area contributed by atoms with Crippen molar-refractivity contribution in [3.05, 3.63) is 47.5 Å². The highest BCUT2D eigenvalue weighted by Crippen LogP contribution is 2.39. The van der Waals surface area contributed by atoms with Gasteiger partial charge in [0, 0.05) is 43.6 Å². The molecule has 0 spiro atoms. The number of carbonyl (C=O) groups excluding carboxylic acids is 1. The average molecular weight is 297 g/mol. The van der Waals surface area contributed by atoms with Crippen LogP contribution in [0.5, 0.6) is 0 Å². The molecule has 1 atom stereocenters. The van der Waals surface area contributed by atoms with Crippen molar-refractivity contribution in [3.8, 4) is 0 Å². The third-order valence-electron chi connectivity index (χ3n) is 4.41. The number of aromatic nitrogens is 3. The van der Waals surface area contributed by atoms with Crippen molar-refractivity contribution in [1.82, 2.24) is 25.4 Å². The summed E-state index contributed by atoms with van der Waals surface area (Å²) in [4.78, 5) is 18.9. The molecule has 2 fully saturated rings. The molecule has 6 nitrogen and oxygen atoms in total. The first-order chi connectivity index (χ1) is 10.8. The van der Waals surface area contributed by atoms with E-state index in [0.29, 0.717) is 18.2 Å². The maximum atomic E-state index is 12.8. The normalized spacial score (nSPS) is 21.8. The van der Waals surface area contributed by atoms with Gasteiger partial charge >= 0.3 is 0 Å². The van der Waals surface area contributed by atoms with Gasteiger partial charge in [-0.25, -0.2) is 0 Å². The van der Waals surface area contributed by atoms with Crippen LogP contribution in [-0.2, 0) is 0 Å². The van der Waals surface area contributed by atoms with Gasteiger partial charge in [-0.05, 0) is 30.5 Å². The van der Waals surface area contributed by atoms with E-state index in [1.807, 2.05) is 29.3 Å². The summed E-state index contributed by atoms with van der Waals surface area (Å²) in [6, 6.07) is 5.86. The van der Waals surface area contributed by atoms with Crippen LogP contribution < -0.4 is 5.32 Å². The first-order valence-corrected chi connectivity index (χ1v) is 7.80. The van der Waals surface area contributed by atoms with E-state index in [0.717, 1.165) is 24.3 Å². The summed E-state index contributed by atoms with van der Waals surface area (Å²) in [5.41, 5.74) is 2.68. The molecule has 0 radical (unpaired) electrons. The van der Waals surface area contributed by atoms with E-state index in [1.54, 1.807) is 6.20 Å². The Balaban J connectivity index is 1.58. The number of nitrogens with zero attached hydrogens (tertiary/aromatic N) is 3. The topological polar surface area (TPSA) is 73.9 Å². The summed E-state index contributed by atoms with van der Waals surface area (Å²) >= 11 is 0. The number of pyridine rings is 1. The van der Waals surface area contributed by atoms with Gasteiger partial charge in [-0.3, -0.25) is 14.9 Å². The molecule has 1 aliphatic carbocycles. The number of amides is 1. The van der Waals surface area contributed by atoms with Crippen LogP contribution in [0.2, 0.25) is 0 Å². The zero-order valence-electron chi connectivity index (χ0n) is 12.3. The standard InChI is InChI=1S/C16H19N5O/c22-16(14-8-13(19-20-14)11-3-4-11)21-7-6-18-10-15(21)12-2-1-5-17-9-12/h1-2,5,8-9,11,15,18H,3-4,6-7,10H2,(H,19,20). The number of piperazine rings is 1. The molecule has 6 heteroatoms. The summed E-state index contributed by atoms with van der Waals surface area (Å²) in [5, 5.41) is 10.6. The van der Waals surface area contributed by atoms with Gasteiger partial charge in [0.1, 0.15) is 5.69 Å². The third kappa shape index (κ3) is 2.50. The summed E-state index contributed by atoms with van der Waals surface area (Å²) < 4.78 is 0. The van der Waals surface area contributed by atoms with Gasteiger partial charge in [0.15, 0.2) is 0 Å². The molecule has 1 aliphatic heterocycles. The second-order valence-electron chi connectivity index (χ2n) is 5.99. The number of H-pyrrole nitrogens is 1. The molecule has 2 N–H and O–H groups in total. The zero-order chi connectivity index (χ0) is 14.9. The maximum Gasteiger partial charge on any atom is 0.274 e. The predicted molar refractivity (Wildman–Crippen MR) is 81.4 cm³/mol. The van der Waals surface area contributed by atoms with Crippen molar-refractivity contribution >= 4 is 5.91 Å². The van der Waals surface area contributed by atoms with Crippen LogP contribution in [-0.4, -0.2) is 45.6 Å². The fourth-order valence-electron chi connectivity index (χ4n) is 3.02. The Morgan fingerprint density at radius 1 is 1.36 bits per heavy atom. The SMILES string of the molecule is O=C(c1cc(C2CC2)[nH]n1)N1CCNCC1c1cccnc1. The zero-order valence-corrected chi connectivity index (χ0v) is 12.3. The van der Waals surface area contributed by atoms with Gasteiger partial charge in [-0.1, -0.05) is 6.07 Å². The van der Waals surface area contributed by atoms with Crippen LogP contribution in [0.3, 0.4) is 0 Å². The van der Waals surface area contributed by atoms with Crippen LogP contribution in [0, 0.1) is 0 Å². The number of hydrogen-bond donors (Lipinski definition) is 2. The molecule has 4 rings (SSSR count). The number of rotatable bonds is 3. The molecule has 2 aliphatic rings. The minimum Gasteiger partial charge on any atom is -0.328 e. The Kier molecular flexibility index (Phi) is 3.38. The molecule has 0 aromatic carbocycles. The molecule has 1 saturated carbocycles.